The number of carbonyl (C=O) groups is 1. The summed E-state index contributed by atoms with van der Waals surface area (Å²) in [6, 6.07) is 12.5. The molecule has 0 radical (unpaired) electrons. The van der Waals surface area contributed by atoms with Crippen molar-refractivity contribution in [2.24, 2.45) is 0 Å². The maximum Gasteiger partial charge on any atom is 0.225 e. The van der Waals surface area contributed by atoms with Gasteiger partial charge < -0.3 is 5.32 Å². The molecule has 5 nitrogen and oxygen atoms in total. The molecule has 6 heteroatoms. The first-order valence-corrected chi connectivity index (χ1v) is 11.1. The zero-order valence-corrected chi connectivity index (χ0v) is 18.9. The van der Waals surface area contributed by atoms with Gasteiger partial charge in [0.25, 0.3) is 0 Å². The standard InChI is InChI=1S/C24H26N4OS/c1-14-8-15(2)11-19(10-14)25-22(29)6-7-30-24-27-26-21-13-17(4)20-12-16(3)9-18(5)23(20)28(21)24/h8-13H,6-7H2,1-5H3,(H,25,29). The minimum absolute atomic E-state index is 0.00817. The van der Waals surface area contributed by atoms with E-state index < -0.39 is 0 Å². The first-order valence-electron chi connectivity index (χ1n) is 10.1. The lowest BCUT2D eigenvalue weighted by atomic mass is 10.0. The Balaban J connectivity index is 1.53. The Labute approximate surface area is 180 Å². The second kappa shape index (κ2) is 8.11. The summed E-state index contributed by atoms with van der Waals surface area (Å²) < 4.78 is 2.11. The number of fused-ring (bicyclic) bond motifs is 3. The van der Waals surface area contributed by atoms with Gasteiger partial charge >= 0.3 is 0 Å². The van der Waals surface area contributed by atoms with E-state index in [1.54, 1.807) is 11.8 Å². The van der Waals surface area contributed by atoms with Crippen LogP contribution in [0.1, 0.15) is 34.2 Å². The van der Waals surface area contributed by atoms with Crippen LogP contribution in [0.15, 0.2) is 41.6 Å². The van der Waals surface area contributed by atoms with E-state index in [1.165, 1.54) is 22.1 Å². The molecule has 0 unspecified atom stereocenters. The lowest BCUT2D eigenvalue weighted by molar-refractivity contribution is -0.115. The van der Waals surface area contributed by atoms with Crippen molar-refractivity contribution >= 4 is 39.9 Å². The topological polar surface area (TPSA) is 59.3 Å². The summed E-state index contributed by atoms with van der Waals surface area (Å²) in [5.41, 5.74) is 8.76. The Morgan fingerprint density at radius 2 is 1.60 bits per heavy atom. The highest BCUT2D eigenvalue weighted by molar-refractivity contribution is 7.99. The Hall–Kier alpha value is -2.86. The number of aryl methyl sites for hydroxylation is 5. The second-order valence-corrected chi connectivity index (χ2v) is 9.07. The van der Waals surface area contributed by atoms with Crippen molar-refractivity contribution in [1.82, 2.24) is 14.6 Å². The predicted molar refractivity (Wildman–Crippen MR) is 125 cm³/mol. The van der Waals surface area contributed by atoms with E-state index in [4.69, 9.17) is 0 Å². The van der Waals surface area contributed by atoms with Crippen molar-refractivity contribution in [3.05, 3.63) is 64.2 Å². The molecular weight excluding hydrogens is 392 g/mol. The first kappa shape index (κ1) is 20.4. The molecule has 0 bridgehead atoms. The van der Waals surface area contributed by atoms with Gasteiger partial charge in [-0.3, -0.25) is 9.20 Å². The Morgan fingerprint density at radius 1 is 0.900 bits per heavy atom. The number of pyridine rings is 1. The van der Waals surface area contributed by atoms with Crippen LogP contribution < -0.4 is 5.32 Å². The van der Waals surface area contributed by atoms with Crippen LogP contribution in [0.5, 0.6) is 0 Å². The van der Waals surface area contributed by atoms with Crippen LogP contribution in [0, 0.1) is 34.6 Å². The number of hydrogen-bond acceptors (Lipinski definition) is 4. The van der Waals surface area contributed by atoms with Crippen molar-refractivity contribution in [2.75, 3.05) is 11.1 Å². The van der Waals surface area contributed by atoms with Gasteiger partial charge in [-0.2, -0.15) is 0 Å². The monoisotopic (exact) mass is 418 g/mol. The van der Waals surface area contributed by atoms with Crippen molar-refractivity contribution in [1.29, 1.82) is 0 Å². The maximum atomic E-state index is 12.4. The molecule has 1 N–H and O–H groups in total. The fourth-order valence-electron chi connectivity index (χ4n) is 4.01. The lowest BCUT2D eigenvalue weighted by Crippen LogP contribution is -2.12. The minimum Gasteiger partial charge on any atom is -0.326 e. The Kier molecular flexibility index (Phi) is 5.52. The summed E-state index contributed by atoms with van der Waals surface area (Å²) in [6.45, 7) is 10.4. The molecule has 2 heterocycles. The van der Waals surface area contributed by atoms with Crippen LogP contribution in [0.3, 0.4) is 0 Å². The molecule has 0 saturated carbocycles. The van der Waals surface area contributed by atoms with Crippen molar-refractivity contribution < 1.29 is 4.79 Å². The van der Waals surface area contributed by atoms with Crippen LogP contribution in [-0.4, -0.2) is 26.3 Å². The fraction of sp³-hybridized carbons (Fsp3) is 0.292. The number of aromatic nitrogens is 3. The molecule has 30 heavy (non-hydrogen) atoms. The van der Waals surface area contributed by atoms with Gasteiger partial charge in [0.1, 0.15) is 0 Å². The summed E-state index contributed by atoms with van der Waals surface area (Å²) in [5.74, 6) is 0.645. The zero-order valence-electron chi connectivity index (χ0n) is 18.0. The number of nitrogens with one attached hydrogen (secondary N) is 1. The number of amides is 1. The Bertz CT molecular complexity index is 1260. The van der Waals surface area contributed by atoms with E-state index in [-0.39, 0.29) is 5.91 Å². The molecule has 0 aliphatic carbocycles. The summed E-state index contributed by atoms with van der Waals surface area (Å²) >= 11 is 1.56. The summed E-state index contributed by atoms with van der Waals surface area (Å²) in [5, 5.41) is 13.8. The summed E-state index contributed by atoms with van der Waals surface area (Å²) in [6.07, 6.45) is 0.411. The number of thioether (sulfide) groups is 1. The highest BCUT2D eigenvalue weighted by Gasteiger charge is 2.14. The van der Waals surface area contributed by atoms with E-state index in [1.807, 2.05) is 26.0 Å². The van der Waals surface area contributed by atoms with Gasteiger partial charge in [0, 0.05) is 23.2 Å². The lowest BCUT2D eigenvalue weighted by Gasteiger charge is -2.11. The second-order valence-electron chi connectivity index (χ2n) is 8.00. The summed E-state index contributed by atoms with van der Waals surface area (Å²) in [7, 11) is 0. The van der Waals surface area contributed by atoms with Crippen molar-refractivity contribution in [2.45, 2.75) is 46.2 Å². The number of benzene rings is 2. The molecule has 154 valence electrons. The Morgan fingerprint density at radius 3 is 2.33 bits per heavy atom. The van der Waals surface area contributed by atoms with Crippen LogP contribution in [0.2, 0.25) is 0 Å². The molecule has 0 saturated heterocycles. The van der Waals surface area contributed by atoms with E-state index in [2.05, 4.69) is 65.0 Å². The van der Waals surface area contributed by atoms with E-state index in [0.717, 1.165) is 33.1 Å². The third-order valence-electron chi connectivity index (χ3n) is 5.16. The number of nitrogens with zero attached hydrogens (tertiary/aromatic N) is 3. The van der Waals surface area contributed by atoms with Gasteiger partial charge in [0.2, 0.25) is 5.91 Å². The van der Waals surface area contributed by atoms with Crippen molar-refractivity contribution in [3.8, 4) is 0 Å². The minimum atomic E-state index is 0.00817. The molecule has 2 aromatic carbocycles. The molecule has 0 spiro atoms. The fourth-order valence-corrected chi connectivity index (χ4v) is 4.90. The molecule has 0 fully saturated rings. The summed E-state index contributed by atoms with van der Waals surface area (Å²) in [4.78, 5) is 12.4. The van der Waals surface area contributed by atoms with E-state index in [9.17, 15) is 4.79 Å². The van der Waals surface area contributed by atoms with Crippen LogP contribution in [0.25, 0.3) is 16.6 Å². The smallest absolute Gasteiger partial charge is 0.225 e. The third kappa shape index (κ3) is 4.05. The molecule has 2 aromatic heterocycles. The molecule has 0 atom stereocenters. The van der Waals surface area contributed by atoms with Gasteiger partial charge in [-0.1, -0.05) is 29.5 Å². The molecular formula is C24H26N4OS. The van der Waals surface area contributed by atoms with E-state index >= 15 is 0 Å². The molecule has 4 aromatic rings. The van der Waals surface area contributed by atoms with Crippen molar-refractivity contribution in [3.63, 3.8) is 0 Å². The number of rotatable bonds is 5. The van der Waals surface area contributed by atoms with E-state index in [0.29, 0.717) is 12.2 Å². The van der Waals surface area contributed by atoms with Gasteiger partial charge in [-0.05, 0) is 81.1 Å². The molecule has 0 aliphatic heterocycles. The maximum absolute atomic E-state index is 12.4. The number of carbonyl (C=O) groups excluding carboxylic acids is 1. The average Bonchev–Trinajstić information content (AvgIpc) is 3.03. The van der Waals surface area contributed by atoms with Gasteiger partial charge in [-0.25, -0.2) is 0 Å². The number of hydrogen-bond donors (Lipinski definition) is 1. The third-order valence-corrected chi connectivity index (χ3v) is 6.09. The van der Waals surface area contributed by atoms with Crippen LogP contribution >= 0.6 is 11.8 Å². The normalized spacial score (nSPS) is 11.4. The SMILES string of the molecule is Cc1cc(C)cc(NC(=O)CCSc2nnc3cc(C)c4cc(C)cc(C)c4n23)c1. The highest BCUT2D eigenvalue weighted by Crippen LogP contribution is 2.29. The van der Waals surface area contributed by atoms with Gasteiger partial charge in [0.05, 0.1) is 5.52 Å². The molecule has 0 aliphatic rings. The number of anilines is 1. The van der Waals surface area contributed by atoms with Crippen LogP contribution in [-0.2, 0) is 4.79 Å². The van der Waals surface area contributed by atoms with Gasteiger partial charge in [0.15, 0.2) is 10.8 Å². The highest BCUT2D eigenvalue weighted by atomic mass is 32.2. The predicted octanol–water partition coefficient (Wildman–Crippen LogP) is 5.55. The quantitative estimate of drug-likeness (QED) is 0.432. The first-order chi connectivity index (χ1) is 14.3. The van der Waals surface area contributed by atoms with Crippen LogP contribution in [0.4, 0.5) is 5.69 Å². The largest absolute Gasteiger partial charge is 0.326 e. The molecule has 4 rings (SSSR count). The molecule has 1 amide bonds. The zero-order chi connectivity index (χ0) is 21.4. The van der Waals surface area contributed by atoms with Gasteiger partial charge in [-0.15, -0.1) is 10.2 Å². The average molecular weight is 419 g/mol.